The number of hydrogen-bond acceptors (Lipinski definition) is 7. The maximum atomic E-state index is 11.3. The molecule has 0 unspecified atom stereocenters. The highest BCUT2D eigenvalue weighted by atomic mass is 19.4. The molecule has 2 amide bonds. The molecule has 1 fully saturated rings. The van der Waals surface area contributed by atoms with E-state index in [1.165, 1.54) is 0 Å². The largest absolute Gasteiger partial charge is 0.490 e. The van der Waals surface area contributed by atoms with E-state index in [-0.39, 0.29) is 12.3 Å². The number of carbonyl (C=O) groups excluding carboxylic acids is 2. The Balaban J connectivity index is 0.000000451. The molecule has 1 aromatic heterocycles. The van der Waals surface area contributed by atoms with Crippen molar-refractivity contribution in [3.8, 4) is 0 Å². The Morgan fingerprint density at radius 3 is 2.38 bits per heavy atom. The Hall–Kier alpha value is -3.90. The molecule has 1 heterocycles. The zero-order valence-electron chi connectivity index (χ0n) is 16.6. The molecule has 3 rings (SSSR count). The zero-order valence-corrected chi connectivity index (χ0v) is 16.6. The summed E-state index contributed by atoms with van der Waals surface area (Å²) in [6.45, 7) is 0.419. The van der Waals surface area contributed by atoms with E-state index >= 15 is 0 Å². The summed E-state index contributed by atoms with van der Waals surface area (Å²) in [7, 11) is 0. The molecule has 0 saturated heterocycles. The summed E-state index contributed by atoms with van der Waals surface area (Å²) in [4.78, 5) is 39.9. The van der Waals surface area contributed by atoms with Crippen LogP contribution < -0.4 is 22.1 Å². The van der Waals surface area contributed by atoms with Gasteiger partial charge in [-0.2, -0.15) is 18.2 Å². The molecule has 1 aliphatic rings. The molecule has 2 aromatic rings. The van der Waals surface area contributed by atoms with E-state index < -0.39 is 18.1 Å². The van der Waals surface area contributed by atoms with Crippen LogP contribution in [-0.4, -0.2) is 45.6 Å². The van der Waals surface area contributed by atoms with Gasteiger partial charge in [0.15, 0.2) is 0 Å². The molecule has 13 heteroatoms. The fourth-order valence-electron chi connectivity index (χ4n) is 2.47. The lowest BCUT2D eigenvalue weighted by atomic mass is 10.2. The number of amides is 2. The van der Waals surface area contributed by atoms with Crippen LogP contribution in [0.5, 0.6) is 0 Å². The third-order valence-electron chi connectivity index (χ3n) is 4.14. The van der Waals surface area contributed by atoms with Crippen molar-refractivity contribution in [2.75, 3.05) is 17.2 Å². The van der Waals surface area contributed by atoms with E-state index in [0.717, 1.165) is 18.4 Å². The average molecular weight is 454 g/mol. The summed E-state index contributed by atoms with van der Waals surface area (Å²) in [6.07, 6.45) is -0.836. The van der Waals surface area contributed by atoms with E-state index in [0.29, 0.717) is 35.5 Å². The second-order valence-corrected chi connectivity index (χ2v) is 6.79. The SMILES string of the molecule is NC(=O)CCNc1nc(Nc2cccc(C(N)=O)c2)ncc1C1CC1.O=C(O)C(F)(F)F. The maximum absolute atomic E-state index is 11.3. The molecule has 0 atom stereocenters. The monoisotopic (exact) mass is 454 g/mol. The number of halogens is 3. The Morgan fingerprint density at radius 1 is 1.19 bits per heavy atom. The van der Waals surface area contributed by atoms with Gasteiger partial charge in [-0.25, -0.2) is 9.78 Å². The van der Waals surface area contributed by atoms with Gasteiger partial charge in [0.25, 0.3) is 0 Å². The number of nitrogens with two attached hydrogens (primary N) is 2. The van der Waals surface area contributed by atoms with Crippen LogP contribution in [0, 0.1) is 0 Å². The first kappa shape index (κ1) is 24.4. The summed E-state index contributed by atoms with van der Waals surface area (Å²) < 4.78 is 31.7. The third kappa shape index (κ3) is 7.74. The number of carboxylic acids is 1. The predicted molar refractivity (Wildman–Crippen MR) is 108 cm³/mol. The number of carboxylic acid groups (broad SMARTS) is 1. The number of hydrogen-bond donors (Lipinski definition) is 5. The smallest absolute Gasteiger partial charge is 0.475 e. The van der Waals surface area contributed by atoms with Crippen LogP contribution in [-0.2, 0) is 9.59 Å². The van der Waals surface area contributed by atoms with Crippen LogP contribution in [0.1, 0.15) is 41.1 Å². The normalized spacial score (nSPS) is 12.8. The molecule has 0 aliphatic heterocycles. The molecule has 1 aliphatic carbocycles. The number of nitrogens with zero attached hydrogens (tertiary/aromatic N) is 2. The van der Waals surface area contributed by atoms with Gasteiger partial charge in [-0.15, -0.1) is 0 Å². The van der Waals surface area contributed by atoms with E-state index in [1.54, 1.807) is 30.5 Å². The van der Waals surface area contributed by atoms with E-state index in [4.69, 9.17) is 21.4 Å². The molecule has 172 valence electrons. The minimum Gasteiger partial charge on any atom is -0.475 e. The van der Waals surface area contributed by atoms with Crippen molar-refractivity contribution in [2.24, 2.45) is 11.5 Å². The summed E-state index contributed by atoms with van der Waals surface area (Å²) >= 11 is 0. The Morgan fingerprint density at radius 2 is 1.84 bits per heavy atom. The molecule has 1 aromatic carbocycles. The second kappa shape index (κ2) is 10.4. The van der Waals surface area contributed by atoms with Crippen molar-refractivity contribution < 1.29 is 32.7 Å². The van der Waals surface area contributed by atoms with Crippen LogP contribution in [0.25, 0.3) is 0 Å². The summed E-state index contributed by atoms with van der Waals surface area (Å²) in [5, 5.41) is 13.3. The summed E-state index contributed by atoms with van der Waals surface area (Å²) in [5.41, 5.74) is 12.6. The van der Waals surface area contributed by atoms with Crippen molar-refractivity contribution >= 4 is 35.2 Å². The number of nitrogens with one attached hydrogen (secondary N) is 2. The van der Waals surface area contributed by atoms with Crippen molar-refractivity contribution in [3.63, 3.8) is 0 Å². The van der Waals surface area contributed by atoms with Gasteiger partial charge in [0.05, 0.1) is 0 Å². The van der Waals surface area contributed by atoms with Crippen molar-refractivity contribution in [1.82, 2.24) is 9.97 Å². The highest BCUT2D eigenvalue weighted by Crippen LogP contribution is 2.42. The Kier molecular flexibility index (Phi) is 7.93. The predicted octanol–water partition coefficient (Wildman–Crippen LogP) is 2.12. The van der Waals surface area contributed by atoms with Crippen molar-refractivity contribution in [2.45, 2.75) is 31.4 Å². The van der Waals surface area contributed by atoms with Crippen LogP contribution in [0.3, 0.4) is 0 Å². The molecule has 7 N–H and O–H groups in total. The molecule has 0 spiro atoms. The Labute approximate surface area is 180 Å². The highest BCUT2D eigenvalue weighted by molar-refractivity contribution is 5.93. The van der Waals surface area contributed by atoms with Gasteiger partial charge in [-0.05, 0) is 37.0 Å². The van der Waals surface area contributed by atoms with Crippen LogP contribution in [0.15, 0.2) is 30.5 Å². The Bertz CT molecular complexity index is 995. The van der Waals surface area contributed by atoms with Gasteiger partial charge in [0.2, 0.25) is 17.8 Å². The van der Waals surface area contributed by atoms with Gasteiger partial charge in [-0.1, -0.05) is 6.07 Å². The number of carbonyl (C=O) groups is 3. The highest BCUT2D eigenvalue weighted by Gasteiger charge is 2.38. The number of primary amides is 2. The lowest BCUT2D eigenvalue weighted by Crippen LogP contribution is -2.21. The molecular weight excluding hydrogens is 433 g/mol. The fourth-order valence-corrected chi connectivity index (χ4v) is 2.47. The number of alkyl halides is 3. The first-order valence-electron chi connectivity index (χ1n) is 9.33. The van der Waals surface area contributed by atoms with Crippen LogP contribution in [0.4, 0.5) is 30.6 Å². The third-order valence-corrected chi connectivity index (χ3v) is 4.14. The number of anilines is 3. The minimum absolute atomic E-state index is 0.234. The minimum atomic E-state index is -5.08. The second-order valence-electron chi connectivity index (χ2n) is 6.79. The topological polar surface area (TPSA) is 173 Å². The first-order valence-corrected chi connectivity index (χ1v) is 9.33. The zero-order chi connectivity index (χ0) is 23.9. The van der Waals surface area contributed by atoms with Gasteiger partial charge in [-0.3, -0.25) is 9.59 Å². The van der Waals surface area contributed by atoms with Crippen LogP contribution in [0.2, 0.25) is 0 Å². The van der Waals surface area contributed by atoms with Gasteiger partial charge < -0.3 is 27.2 Å². The van der Waals surface area contributed by atoms with E-state index in [9.17, 15) is 22.8 Å². The quantitative estimate of drug-likeness (QED) is 0.403. The molecule has 32 heavy (non-hydrogen) atoms. The fraction of sp³-hybridized carbons (Fsp3) is 0.316. The van der Waals surface area contributed by atoms with Gasteiger partial charge in [0.1, 0.15) is 5.82 Å². The maximum Gasteiger partial charge on any atom is 0.490 e. The van der Waals surface area contributed by atoms with E-state index in [1.807, 2.05) is 0 Å². The lowest BCUT2D eigenvalue weighted by molar-refractivity contribution is -0.192. The number of rotatable bonds is 8. The van der Waals surface area contributed by atoms with Crippen molar-refractivity contribution in [1.29, 1.82) is 0 Å². The van der Waals surface area contributed by atoms with Gasteiger partial charge >= 0.3 is 12.1 Å². The molecule has 0 bridgehead atoms. The molecule has 0 radical (unpaired) electrons. The van der Waals surface area contributed by atoms with E-state index in [2.05, 4.69) is 20.6 Å². The standard InChI is InChI=1S/C17H20N6O2.C2HF3O2/c18-14(24)6-7-20-16-13(10-4-5-10)9-21-17(23-16)22-12-3-1-2-11(8-12)15(19)25;3-2(4,5)1(6)7/h1-3,8-10H,4-7H2,(H2,18,24)(H2,19,25)(H2,20,21,22,23);(H,6,7). The number of aromatic nitrogens is 2. The molecule has 1 saturated carbocycles. The van der Waals surface area contributed by atoms with Crippen molar-refractivity contribution in [3.05, 3.63) is 41.6 Å². The summed E-state index contributed by atoms with van der Waals surface area (Å²) in [5.74, 6) is -2.06. The summed E-state index contributed by atoms with van der Waals surface area (Å²) in [6, 6.07) is 6.81. The molecule has 10 nitrogen and oxygen atoms in total. The average Bonchev–Trinajstić information content (AvgIpc) is 3.53. The number of benzene rings is 1. The number of aliphatic carboxylic acids is 1. The van der Waals surface area contributed by atoms with Crippen LogP contribution >= 0.6 is 0 Å². The van der Waals surface area contributed by atoms with Gasteiger partial charge in [0, 0.05) is 36.0 Å². The first-order chi connectivity index (χ1) is 15.0. The molecular formula is C19H21F3N6O4. The lowest BCUT2D eigenvalue weighted by Gasteiger charge is -2.12.